The Morgan fingerprint density at radius 1 is 1.21 bits per heavy atom. The van der Waals surface area contributed by atoms with Gasteiger partial charge in [-0.15, -0.1) is 0 Å². The molecule has 0 heterocycles. The van der Waals surface area contributed by atoms with Crippen molar-refractivity contribution >= 4 is 17.8 Å². The molecule has 0 radical (unpaired) electrons. The smallest absolute Gasteiger partial charge is 0.320 e. The maximum Gasteiger partial charge on any atom is 0.320 e. The van der Waals surface area contributed by atoms with E-state index >= 15 is 0 Å². The topological polar surface area (TPSA) is 90.0 Å². The molecule has 0 bridgehead atoms. The molecule has 0 aromatic carbocycles. The van der Waals surface area contributed by atoms with Crippen LogP contribution in [0, 0.1) is 0 Å². The molecule has 2 amide bonds. The van der Waals surface area contributed by atoms with E-state index in [1.807, 2.05) is 11.8 Å². The Hall–Kier alpha value is -1.63. The van der Waals surface area contributed by atoms with Gasteiger partial charge in [-0.2, -0.15) is 0 Å². The minimum Gasteiger partial charge on any atom is -0.480 e. The number of nitrogens with one attached hydrogen (secondary N) is 1. The van der Waals surface area contributed by atoms with Crippen LogP contribution in [0.1, 0.15) is 52.9 Å². The molecule has 7 heteroatoms. The maximum absolute atomic E-state index is 12.7. The maximum atomic E-state index is 12.7. The van der Waals surface area contributed by atoms with Crippen molar-refractivity contribution in [3.05, 3.63) is 0 Å². The average molecular weight is 341 g/mol. The fourth-order valence-electron chi connectivity index (χ4n) is 3.24. The standard InChI is InChI=1S/C17H31N3O4/c1-4-20(15-8-6-5-7-9-15)16(22)12-19(13(2)17(23)24)11-10-18-14(3)21/h13,15H,4-12H2,1-3H3,(H,18,21)(H,23,24). The van der Waals surface area contributed by atoms with E-state index in [4.69, 9.17) is 0 Å². The Labute approximate surface area is 144 Å². The summed E-state index contributed by atoms with van der Waals surface area (Å²) in [6.45, 7) is 6.33. The molecule has 0 aromatic heterocycles. The van der Waals surface area contributed by atoms with Crippen LogP contribution in [-0.2, 0) is 14.4 Å². The molecule has 1 saturated carbocycles. The van der Waals surface area contributed by atoms with E-state index in [1.54, 1.807) is 11.8 Å². The van der Waals surface area contributed by atoms with Gasteiger partial charge in [0, 0.05) is 32.6 Å². The van der Waals surface area contributed by atoms with Crippen LogP contribution in [0.3, 0.4) is 0 Å². The molecule has 24 heavy (non-hydrogen) atoms. The van der Waals surface area contributed by atoms with Crippen LogP contribution < -0.4 is 5.32 Å². The van der Waals surface area contributed by atoms with Crippen molar-refractivity contribution in [3.63, 3.8) is 0 Å². The monoisotopic (exact) mass is 341 g/mol. The van der Waals surface area contributed by atoms with Crippen LogP contribution in [0.5, 0.6) is 0 Å². The Morgan fingerprint density at radius 3 is 2.33 bits per heavy atom. The van der Waals surface area contributed by atoms with Gasteiger partial charge < -0.3 is 15.3 Å². The number of carboxylic acid groups (broad SMARTS) is 1. The molecule has 138 valence electrons. The second kappa shape index (κ2) is 10.3. The van der Waals surface area contributed by atoms with Crippen molar-refractivity contribution in [3.8, 4) is 0 Å². The Bertz CT molecular complexity index is 436. The number of amides is 2. The van der Waals surface area contributed by atoms with Crippen molar-refractivity contribution in [2.45, 2.75) is 65.0 Å². The fraction of sp³-hybridized carbons (Fsp3) is 0.824. The molecule has 0 saturated heterocycles. The summed E-state index contributed by atoms with van der Waals surface area (Å²) in [5.41, 5.74) is 0. The van der Waals surface area contributed by atoms with Crippen LogP contribution in [0.15, 0.2) is 0 Å². The third-order valence-electron chi connectivity index (χ3n) is 4.69. The highest BCUT2D eigenvalue weighted by molar-refractivity contribution is 5.80. The second-order valence-electron chi connectivity index (χ2n) is 6.44. The fourth-order valence-corrected chi connectivity index (χ4v) is 3.24. The molecule has 1 unspecified atom stereocenters. The number of likely N-dealkylation sites (N-methyl/N-ethyl adjacent to an activating group) is 1. The first-order chi connectivity index (χ1) is 11.4. The van der Waals surface area contributed by atoms with Gasteiger partial charge in [0.2, 0.25) is 11.8 Å². The first-order valence-electron chi connectivity index (χ1n) is 8.87. The Balaban J connectivity index is 2.68. The molecular weight excluding hydrogens is 310 g/mol. The van der Waals surface area contributed by atoms with Crippen LogP contribution >= 0.6 is 0 Å². The first-order valence-corrected chi connectivity index (χ1v) is 8.87. The van der Waals surface area contributed by atoms with Crippen LogP contribution in [0.2, 0.25) is 0 Å². The molecule has 0 spiro atoms. The lowest BCUT2D eigenvalue weighted by Crippen LogP contribution is -2.51. The summed E-state index contributed by atoms with van der Waals surface area (Å²) in [5.74, 6) is -1.16. The van der Waals surface area contributed by atoms with Gasteiger partial charge in [-0.1, -0.05) is 19.3 Å². The van der Waals surface area contributed by atoms with E-state index in [1.165, 1.54) is 13.3 Å². The number of aliphatic carboxylic acids is 1. The number of carbonyl (C=O) groups is 3. The summed E-state index contributed by atoms with van der Waals surface area (Å²) >= 11 is 0. The summed E-state index contributed by atoms with van der Waals surface area (Å²) in [6, 6.07) is -0.499. The Kier molecular flexibility index (Phi) is 8.74. The molecule has 0 aromatic rings. The highest BCUT2D eigenvalue weighted by Gasteiger charge is 2.28. The number of nitrogens with zero attached hydrogens (tertiary/aromatic N) is 2. The zero-order chi connectivity index (χ0) is 18.1. The van der Waals surface area contributed by atoms with Gasteiger partial charge >= 0.3 is 5.97 Å². The summed E-state index contributed by atoms with van der Waals surface area (Å²) in [5, 5.41) is 11.9. The normalized spacial score (nSPS) is 16.7. The van der Waals surface area contributed by atoms with Crippen LogP contribution in [0.25, 0.3) is 0 Å². The highest BCUT2D eigenvalue weighted by Crippen LogP contribution is 2.22. The summed E-state index contributed by atoms with van der Waals surface area (Å²) < 4.78 is 0. The Morgan fingerprint density at radius 2 is 1.83 bits per heavy atom. The van der Waals surface area contributed by atoms with Gasteiger partial charge in [-0.3, -0.25) is 19.3 Å². The van der Waals surface area contributed by atoms with Crippen LogP contribution in [-0.4, -0.2) is 71.0 Å². The van der Waals surface area contributed by atoms with Crippen molar-refractivity contribution in [2.24, 2.45) is 0 Å². The van der Waals surface area contributed by atoms with Crippen molar-refractivity contribution < 1.29 is 19.5 Å². The van der Waals surface area contributed by atoms with Gasteiger partial charge in [-0.25, -0.2) is 0 Å². The van der Waals surface area contributed by atoms with Gasteiger partial charge in [0.15, 0.2) is 0 Å². The predicted molar refractivity (Wildman–Crippen MR) is 91.6 cm³/mol. The number of rotatable bonds is 9. The van der Waals surface area contributed by atoms with Gasteiger partial charge in [-0.05, 0) is 26.7 Å². The largest absolute Gasteiger partial charge is 0.480 e. The van der Waals surface area contributed by atoms with E-state index < -0.39 is 12.0 Å². The third kappa shape index (κ3) is 6.47. The zero-order valence-electron chi connectivity index (χ0n) is 15.1. The van der Waals surface area contributed by atoms with Gasteiger partial charge in [0.05, 0.1) is 6.54 Å². The molecular formula is C17H31N3O4. The third-order valence-corrected chi connectivity index (χ3v) is 4.69. The molecule has 1 rings (SSSR count). The SMILES string of the molecule is CCN(C(=O)CN(CCNC(C)=O)C(C)C(=O)O)C1CCCCC1. The number of carboxylic acids is 1. The summed E-state index contributed by atoms with van der Waals surface area (Å²) in [6.07, 6.45) is 5.57. The van der Waals surface area contributed by atoms with Gasteiger partial charge in [0.25, 0.3) is 0 Å². The quantitative estimate of drug-likeness (QED) is 0.655. The highest BCUT2D eigenvalue weighted by atomic mass is 16.4. The molecule has 1 aliphatic rings. The molecule has 2 N–H and O–H groups in total. The predicted octanol–water partition coefficient (Wildman–Crippen LogP) is 1.08. The number of hydrogen-bond donors (Lipinski definition) is 2. The zero-order valence-corrected chi connectivity index (χ0v) is 15.1. The molecule has 7 nitrogen and oxygen atoms in total. The summed E-state index contributed by atoms with van der Waals surface area (Å²) in [7, 11) is 0. The second-order valence-corrected chi connectivity index (χ2v) is 6.44. The van der Waals surface area contributed by atoms with Crippen molar-refractivity contribution in [2.75, 3.05) is 26.2 Å². The molecule has 1 atom stereocenters. The van der Waals surface area contributed by atoms with Crippen molar-refractivity contribution in [1.29, 1.82) is 0 Å². The molecule has 0 aliphatic heterocycles. The van der Waals surface area contributed by atoms with E-state index in [0.29, 0.717) is 19.6 Å². The lowest BCUT2D eigenvalue weighted by Gasteiger charge is -2.36. The summed E-state index contributed by atoms with van der Waals surface area (Å²) in [4.78, 5) is 38.5. The van der Waals surface area contributed by atoms with Crippen LogP contribution in [0.4, 0.5) is 0 Å². The van der Waals surface area contributed by atoms with E-state index in [9.17, 15) is 19.5 Å². The van der Waals surface area contributed by atoms with Crippen molar-refractivity contribution in [1.82, 2.24) is 15.1 Å². The molecule has 1 aliphatic carbocycles. The number of hydrogen-bond acceptors (Lipinski definition) is 4. The van der Waals surface area contributed by atoms with E-state index in [2.05, 4.69) is 5.32 Å². The lowest BCUT2D eigenvalue weighted by molar-refractivity contribution is -0.144. The number of carbonyl (C=O) groups excluding carboxylic acids is 2. The van der Waals surface area contributed by atoms with E-state index in [0.717, 1.165) is 25.7 Å². The average Bonchev–Trinajstić information content (AvgIpc) is 2.54. The minimum atomic E-state index is -0.966. The minimum absolute atomic E-state index is 0.0275. The van der Waals surface area contributed by atoms with Gasteiger partial charge in [0.1, 0.15) is 6.04 Å². The van der Waals surface area contributed by atoms with E-state index in [-0.39, 0.29) is 24.4 Å². The first kappa shape index (κ1) is 20.4. The lowest BCUT2D eigenvalue weighted by atomic mass is 9.94. The molecule has 1 fully saturated rings.